The summed E-state index contributed by atoms with van der Waals surface area (Å²) < 4.78 is 13.1. The number of benzene rings is 1. The summed E-state index contributed by atoms with van der Waals surface area (Å²) in [6, 6.07) is 7.01. The molecule has 3 heteroatoms. The van der Waals surface area contributed by atoms with Crippen molar-refractivity contribution in [1.29, 1.82) is 0 Å². The average molecular weight is 199 g/mol. The molecule has 0 aliphatic heterocycles. The average Bonchev–Trinajstić information content (AvgIpc) is 2.08. The second kappa shape index (κ2) is 5.25. The lowest BCUT2D eigenvalue weighted by Crippen LogP contribution is -2.15. The van der Waals surface area contributed by atoms with Crippen molar-refractivity contribution in [2.45, 2.75) is 24.3 Å². The second-order valence-electron chi connectivity index (χ2n) is 3.04. The van der Waals surface area contributed by atoms with Gasteiger partial charge in [0.05, 0.1) is 0 Å². The van der Waals surface area contributed by atoms with Gasteiger partial charge in [0.2, 0.25) is 0 Å². The van der Waals surface area contributed by atoms with Gasteiger partial charge in [0.25, 0.3) is 0 Å². The summed E-state index contributed by atoms with van der Waals surface area (Å²) >= 11 is 1.52. The van der Waals surface area contributed by atoms with Crippen LogP contribution in [0.25, 0.3) is 0 Å². The zero-order chi connectivity index (χ0) is 9.68. The molecule has 0 bridgehead atoms. The zero-order valence-electron chi connectivity index (χ0n) is 7.66. The van der Waals surface area contributed by atoms with Crippen molar-refractivity contribution < 1.29 is 4.39 Å². The van der Waals surface area contributed by atoms with Crippen LogP contribution in [0.1, 0.15) is 13.3 Å². The third-order valence-corrected chi connectivity index (χ3v) is 2.75. The number of thioether (sulfide) groups is 1. The van der Waals surface area contributed by atoms with Crippen LogP contribution in [-0.2, 0) is 0 Å². The van der Waals surface area contributed by atoms with E-state index in [-0.39, 0.29) is 11.9 Å². The molecule has 0 fully saturated rings. The fraction of sp³-hybridized carbons (Fsp3) is 0.400. The maximum Gasteiger partial charge on any atom is 0.136 e. The fourth-order valence-corrected chi connectivity index (χ4v) is 2.01. The van der Waals surface area contributed by atoms with E-state index in [0.29, 0.717) is 4.90 Å². The summed E-state index contributed by atoms with van der Waals surface area (Å²) in [6.45, 7) is 1.96. The van der Waals surface area contributed by atoms with E-state index >= 15 is 0 Å². The van der Waals surface area contributed by atoms with E-state index in [9.17, 15) is 4.39 Å². The topological polar surface area (TPSA) is 26.0 Å². The van der Waals surface area contributed by atoms with Gasteiger partial charge in [-0.15, -0.1) is 11.8 Å². The van der Waals surface area contributed by atoms with E-state index in [1.807, 2.05) is 13.0 Å². The molecule has 0 heterocycles. The van der Waals surface area contributed by atoms with Crippen LogP contribution in [-0.4, -0.2) is 11.8 Å². The fourth-order valence-electron chi connectivity index (χ4n) is 0.917. The first-order valence-electron chi connectivity index (χ1n) is 4.33. The molecule has 13 heavy (non-hydrogen) atoms. The summed E-state index contributed by atoms with van der Waals surface area (Å²) in [5, 5.41) is 0. The SMILES string of the molecule is CC(N)CCSc1ccccc1F. The van der Waals surface area contributed by atoms with Crippen molar-refractivity contribution in [3.05, 3.63) is 30.1 Å². The highest BCUT2D eigenvalue weighted by Crippen LogP contribution is 2.21. The molecular formula is C10H14FNS. The molecule has 1 unspecified atom stereocenters. The lowest BCUT2D eigenvalue weighted by molar-refractivity contribution is 0.601. The van der Waals surface area contributed by atoms with Crippen molar-refractivity contribution in [2.24, 2.45) is 5.73 Å². The molecule has 0 radical (unpaired) electrons. The maximum absolute atomic E-state index is 13.1. The largest absolute Gasteiger partial charge is 0.328 e. The Balaban J connectivity index is 2.41. The number of rotatable bonds is 4. The van der Waals surface area contributed by atoms with Gasteiger partial charge in [0.15, 0.2) is 0 Å². The van der Waals surface area contributed by atoms with Gasteiger partial charge >= 0.3 is 0 Å². The number of hydrogen-bond acceptors (Lipinski definition) is 2. The Bertz CT molecular complexity index is 263. The van der Waals surface area contributed by atoms with Crippen molar-refractivity contribution >= 4 is 11.8 Å². The van der Waals surface area contributed by atoms with E-state index < -0.39 is 0 Å². The third kappa shape index (κ3) is 3.79. The molecule has 0 amide bonds. The predicted octanol–water partition coefficient (Wildman–Crippen LogP) is 2.66. The summed E-state index contributed by atoms with van der Waals surface area (Å²) in [5.41, 5.74) is 5.59. The molecule has 1 nitrogen and oxygen atoms in total. The highest BCUT2D eigenvalue weighted by Gasteiger charge is 2.01. The lowest BCUT2D eigenvalue weighted by atomic mass is 10.3. The maximum atomic E-state index is 13.1. The van der Waals surface area contributed by atoms with E-state index in [1.165, 1.54) is 17.8 Å². The smallest absolute Gasteiger partial charge is 0.136 e. The molecule has 1 aromatic rings. The van der Waals surface area contributed by atoms with Gasteiger partial charge in [0, 0.05) is 10.9 Å². The lowest BCUT2D eigenvalue weighted by Gasteiger charge is -2.04. The summed E-state index contributed by atoms with van der Waals surface area (Å²) in [4.78, 5) is 0.711. The van der Waals surface area contributed by atoms with Crippen molar-refractivity contribution in [2.75, 3.05) is 5.75 Å². The molecule has 0 saturated carbocycles. The standard InChI is InChI=1S/C10H14FNS/c1-8(12)6-7-13-10-5-3-2-4-9(10)11/h2-5,8H,6-7,12H2,1H3. The van der Waals surface area contributed by atoms with Crippen LogP contribution in [0, 0.1) is 5.82 Å². The van der Waals surface area contributed by atoms with Crippen LogP contribution in [0.3, 0.4) is 0 Å². The van der Waals surface area contributed by atoms with Crippen molar-refractivity contribution in [3.8, 4) is 0 Å². The Kier molecular flexibility index (Phi) is 4.25. The minimum atomic E-state index is -0.142. The number of halogens is 1. The quantitative estimate of drug-likeness (QED) is 0.754. The molecule has 0 aliphatic rings. The molecule has 0 saturated heterocycles. The van der Waals surface area contributed by atoms with Gasteiger partial charge in [-0.3, -0.25) is 0 Å². The molecular weight excluding hydrogens is 185 g/mol. The first-order valence-corrected chi connectivity index (χ1v) is 5.31. The molecule has 72 valence electrons. The van der Waals surface area contributed by atoms with Gasteiger partial charge in [0.1, 0.15) is 5.82 Å². The summed E-state index contributed by atoms with van der Waals surface area (Å²) in [5.74, 6) is 0.732. The van der Waals surface area contributed by atoms with Gasteiger partial charge < -0.3 is 5.73 Å². The normalized spacial score (nSPS) is 12.8. The van der Waals surface area contributed by atoms with Gasteiger partial charge in [-0.1, -0.05) is 12.1 Å². The first-order chi connectivity index (χ1) is 6.20. The molecule has 0 spiro atoms. The Morgan fingerprint density at radius 3 is 2.77 bits per heavy atom. The van der Waals surface area contributed by atoms with Crippen molar-refractivity contribution in [1.82, 2.24) is 0 Å². The monoisotopic (exact) mass is 199 g/mol. The summed E-state index contributed by atoms with van der Waals surface area (Å²) in [6.07, 6.45) is 0.916. The van der Waals surface area contributed by atoms with E-state index in [1.54, 1.807) is 12.1 Å². The third-order valence-electron chi connectivity index (χ3n) is 1.67. The molecule has 1 atom stereocenters. The molecule has 0 aliphatic carbocycles. The summed E-state index contributed by atoms with van der Waals surface area (Å²) in [7, 11) is 0. The Hall–Kier alpha value is -0.540. The van der Waals surface area contributed by atoms with Crippen LogP contribution in [0.2, 0.25) is 0 Å². The van der Waals surface area contributed by atoms with Crippen molar-refractivity contribution in [3.63, 3.8) is 0 Å². The van der Waals surface area contributed by atoms with E-state index in [2.05, 4.69) is 0 Å². The van der Waals surface area contributed by atoms with Gasteiger partial charge in [-0.25, -0.2) is 4.39 Å². The highest BCUT2D eigenvalue weighted by atomic mass is 32.2. The van der Waals surface area contributed by atoms with Gasteiger partial charge in [-0.05, 0) is 31.2 Å². The van der Waals surface area contributed by atoms with Crippen LogP contribution >= 0.6 is 11.8 Å². The molecule has 1 rings (SSSR count). The molecule has 0 aromatic heterocycles. The molecule has 1 aromatic carbocycles. The predicted molar refractivity (Wildman–Crippen MR) is 55.4 cm³/mol. The Morgan fingerprint density at radius 1 is 1.46 bits per heavy atom. The van der Waals surface area contributed by atoms with Crippen LogP contribution in [0.5, 0.6) is 0 Å². The Morgan fingerprint density at radius 2 is 2.15 bits per heavy atom. The zero-order valence-corrected chi connectivity index (χ0v) is 8.48. The second-order valence-corrected chi connectivity index (χ2v) is 4.18. The Labute approximate surface area is 82.5 Å². The van der Waals surface area contributed by atoms with Crippen LogP contribution in [0.4, 0.5) is 4.39 Å². The van der Waals surface area contributed by atoms with E-state index in [0.717, 1.165) is 12.2 Å². The molecule has 2 N–H and O–H groups in total. The van der Waals surface area contributed by atoms with Gasteiger partial charge in [-0.2, -0.15) is 0 Å². The van der Waals surface area contributed by atoms with Crippen LogP contribution < -0.4 is 5.73 Å². The minimum Gasteiger partial charge on any atom is -0.328 e. The van der Waals surface area contributed by atoms with E-state index in [4.69, 9.17) is 5.73 Å². The first kappa shape index (κ1) is 10.5. The number of hydrogen-bond donors (Lipinski definition) is 1. The number of nitrogens with two attached hydrogens (primary N) is 1. The minimum absolute atomic E-state index is 0.142. The highest BCUT2D eigenvalue weighted by molar-refractivity contribution is 7.99. The van der Waals surface area contributed by atoms with Crippen LogP contribution in [0.15, 0.2) is 29.2 Å².